The van der Waals surface area contributed by atoms with Gasteiger partial charge in [0.05, 0.1) is 14.2 Å². The number of rotatable bonds is 4. The van der Waals surface area contributed by atoms with Gasteiger partial charge in [0.15, 0.2) is 11.5 Å². The predicted octanol–water partition coefficient (Wildman–Crippen LogP) is 2.19. The second kappa shape index (κ2) is 5.21. The van der Waals surface area contributed by atoms with Gasteiger partial charge < -0.3 is 14.6 Å². The predicted molar refractivity (Wildman–Crippen MR) is 60.8 cm³/mol. The molecule has 0 saturated carbocycles. The number of hydrogen-bond donors (Lipinski definition) is 1. The molecule has 0 aliphatic carbocycles. The van der Waals surface area contributed by atoms with Crippen LogP contribution < -0.4 is 9.47 Å². The van der Waals surface area contributed by atoms with Gasteiger partial charge in [-0.2, -0.15) is 0 Å². The van der Waals surface area contributed by atoms with Gasteiger partial charge in [0.25, 0.3) is 0 Å². The van der Waals surface area contributed by atoms with Gasteiger partial charge in [0, 0.05) is 5.57 Å². The fraction of sp³-hybridized carbons (Fsp3) is 0.250. The minimum absolute atomic E-state index is 0.271. The van der Waals surface area contributed by atoms with E-state index in [1.807, 2.05) is 0 Å². The average molecular weight is 222 g/mol. The van der Waals surface area contributed by atoms with Crippen LogP contribution in [0, 0.1) is 0 Å². The number of carboxylic acid groups (broad SMARTS) is 1. The standard InChI is InChI=1S/C12H14O4/c1-8(12(13)14)6-9-4-5-10(15-2)11(7-9)16-3/h4-7H,1-3H3,(H,13,14). The molecule has 0 heterocycles. The molecule has 0 radical (unpaired) electrons. The zero-order valence-electron chi connectivity index (χ0n) is 9.48. The van der Waals surface area contributed by atoms with E-state index in [1.54, 1.807) is 38.3 Å². The van der Waals surface area contributed by atoms with Crippen LogP contribution in [0.2, 0.25) is 0 Å². The van der Waals surface area contributed by atoms with Crippen LogP contribution in [0.1, 0.15) is 12.5 Å². The number of benzene rings is 1. The van der Waals surface area contributed by atoms with E-state index in [9.17, 15) is 4.79 Å². The van der Waals surface area contributed by atoms with Gasteiger partial charge in [0.1, 0.15) is 0 Å². The molecule has 0 aromatic heterocycles. The summed E-state index contributed by atoms with van der Waals surface area (Å²) in [5.74, 6) is 0.261. The third-order valence-corrected chi connectivity index (χ3v) is 2.13. The third kappa shape index (κ3) is 2.76. The highest BCUT2D eigenvalue weighted by Crippen LogP contribution is 2.28. The van der Waals surface area contributed by atoms with Gasteiger partial charge in [-0.25, -0.2) is 4.79 Å². The second-order valence-corrected chi connectivity index (χ2v) is 3.25. The van der Waals surface area contributed by atoms with Crippen LogP contribution >= 0.6 is 0 Å². The van der Waals surface area contributed by atoms with Gasteiger partial charge >= 0.3 is 5.97 Å². The van der Waals surface area contributed by atoms with E-state index in [1.165, 1.54) is 7.11 Å². The van der Waals surface area contributed by atoms with Crippen molar-refractivity contribution < 1.29 is 19.4 Å². The lowest BCUT2D eigenvalue weighted by Gasteiger charge is -2.07. The van der Waals surface area contributed by atoms with E-state index in [0.29, 0.717) is 11.5 Å². The van der Waals surface area contributed by atoms with E-state index in [2.05, 4.69) is 0 Å². The Bertz CT molecular complexity index is 421. The van der Waals surface area contributed by atoms with Crippen LogP contribution in [0.3, 0.4) is 0 Å². The minimum atomic E-state index is -0.935. The monoisotopic (exact) mass is 222 g/mol. The quantitative estimate of drug-likeness (QED) is 0.793. The molecule has 16 heavy (non-hydrogen) atoms. The molecule has 1 rings (SSSR count). The Balaban J connectivity index is 3.09. The van der Waals surface area contributed by atoms with E-state index < -0.39 is 5.97 Å². The Kier molecular flexibility index (Phi) is 3.94. The highest BCUT2D eigenvalue weighted by Gasteiger charge is 2.05. The lowest BCUT2D eigenvalue weighted by molar-refractivity contribution is -0.132. The molecular formula is C12H14O4. The largest absolute Gasteiger partial charge is 0.493 e. The Morgan fingerprint density at radius 2 is 1.88 bits per heavy atom. The summed E-state index contributed by atoms with van der Waals surface area (Å²) in [5, 5.41) is 8.75. The summed E-state index contributed by atoms with van der Waals surface area (Å²) >= 11 is 0. The first-order valence-electron chi connectivity index (χ1n) is 4.72. The third-order valence-electron chi connectivity index (χ3n) is 2.13. The van der Waals surface area contributed by atoms with Crippen molar-refractivity contribution in [3.05, 3.63) is 29.3 Å². The Hall–Kier alpha value is -1.97. The van der Waals surface area contributed by atoms with Gasteiger partial charge in [-0.05, 0) is 30.7 Å². The summed E-state index contributed by atoms with van der Waals surface area (Å²) in [6.07, 6.45) is 1.57. The molecule has 4 nitrogen and oxygen atoms in total. The molecule has 4 heteroatoms. The van der Waals surface area contributed by atoms with Gasteiger partial charge in [-0.15, -0.1) is 0 Å². The second-order valence-electron chi connectivity index (χ2n) is 3.25. The highest BCUT2D eigenvalue weighted by atomic mass is 16.5. The zero-order chi connectivity index (χ0) is 12.1. The molecule has 0 aliphatic heterocycles. The zero-order valence-corrected chi connectivity index (χ0v) is 9.48. The van der Waals surface area contributed by atoms with Crippen molar-refractivity contribution in [3.63, 3.8) is 0 Å². The van der Waals surface area contributed by atoms with Crippen LogP contribution in [-0.2, 0) is 4.79 Å². The molecule has 1 aromatic carbocycles. The Morgan fingerprint density at radius 1 is 1.25 bits per heavy atom. The topological polar surface area (TPSA) is 55.8 Å². The molecule has 0 aliphatic rings. The molecule has 0 atom stereocenters. The van der Waals surface area contributed by atoms with Crippen LogP contribution in [0.15, 0.2) is 23.8 Å². The first-order valence-corrected chi connectivity index (χ1v) is 4.72. The lowest BCUT2D eigenvalue weighted by atomic mass is 10.1. The SMILES string of the molecule is COc1ccc(C=C(C)C(=O)O)cc1OC. The molecule has 86 valence electrons. The van der Waals surface area contributed by atoms with Crippen LogP contribution in [0.25, 0.3) is 6.08 Å². The molecule has 0 fully saturated rings. The smallest absolute Gasteiger partial charge is 0.331 e. The summed E-state index contributed by atoms with van der Waals surface area (Å²) in [5.41, 5.74) is 1.03. The van der Waals surface area contributed by atoms with Crippen molar-refractivity contribution in [2.24, 2.45) is 0 Å². The molecule has 0 bridgehead atoms. The summed E-state index contributed by atoms with van der Waals surface area (Å²) < 4.78 is 10.2. The number of carboxylic acids is 1. The van der Waals surface area contributed by atoms with E-state index in [0.717, 1.165) is 5.56 Å². The number of carbonyl (C=O) groups is 1. The van der Waals surface area contributed by atoms with E-state index >= 15 is 0 Å². The average Bonchev–Trinajstić information content (AvgIpc) is 2.28. The van der Waals surface area contributed by atoms with Crippen LogP contribution in [0.5, 0.6) is 11.5 Å². The maximum Gasteiger partial charge on any atom is 0.331 e. The maximum absolute atomic E-state index is 10.7. The van der Waals surface area contributed by atoms with E-state index in [-0.39, 0.29) is 5.57 Å². The minimum Gasteiger partial charge on any atom is -0.493 e. The van der Waals surface area contributed by atoms with Gasteiger partial charge in [0.2, 0.25) is 0 Å². The first-order chi connectivity index (χ1) is 7.58. The fourth-order valence-electron chi connectivity index (χ4n) is 1.25. The first kappa shape index (κ1) is 12.1. The van der Waals surface area contributed by atoms with Crippen molar-refractivity contribution in [2.45, 2.75) is 6.92 Å². The number of methoxy groups -OCH3 is 2. The summed E-state index contributed by atoms with van der Waals surface area (Å²) in [6.45, 7) is 1.54. The molecule has 1 aromatic rings. The van der Waals surface area contributed by atoms with Crippen LogP contribution in [0.4, 0.5) is 0 Å². The molecule has 0 unspecified atom stereocenters. The summed E-state index contributed by atoms with van der Waals surface area (Å²) in [6, 6.07) is 5.23. The summed E-state index contributed by atoms with van der Waals surface area (Å²) in [4.78, 5) is 10.7. The number of aliphatic carboxylic acids is 1. The van der Waals surface area contributed by atoms with Crippen molar-refractivity contribution in [1.29, 1.82) is 0 Å². The molecule has 0 amide bonds. The number of ether oxygens (including phenoxy) is 2. The maximum atomic E-state index is 10.7. The highest BCUT2D eigenvalue weighted by molar-refractivity contribution is 5.91. The molecular weight excluding hydrogens is 208 g/mol. The van der Waals surface area contributed by atoms with Crippen LogP contribution in [-0.4, -0.2) is 25.3 Å². The van der Waals surface area contributed by atoms with E-state index in [4.69, 9.17) is 14.6 Å². The van der Waals surface area contributed by atoms with Crippen molar-refractivity contribution in [2.75, 3.05) is 14.2 Å². The molecule has 0 saturated heterocycles. The van der Waals surface area contributed by atoms with Gasteiger partial charge in [-0.3, -0.25) is 0 Å². The normalized spacial score (nSPS) is 11.1. The summed E-state index contributed by atoms with van der Waals surface area (Å²) in [7, 11) is 3.09. The molecule has 1 N–H and O–H groups in total. The van der Waals surface area contributed by atoms with Crippen molar-refractivity contribution >= 4 is 12.0 Å². The van der Waals surface area contributed by atoms with Gasteiger partial charge in [-0.1, -0.05) is 6.07 Å². The number of hydrogen-bond acceptors (Lipinski definition) is 3. The lowest BCUT2D eigenvalue weighted by Crippen LogP contribution is -1.96. The Morgan fingerprint density at radius 3 is 2.38 bits per heavy atom. The fourth-order valence-corrected chi connectivity index (χ4v) is 1.25. The Labute approximate surface area is 94.1 Å². The molecule has 0 spiro atoms. The van der Waals surface area contributed by atoms with Crippen molar-refractivity contribution in [1.82, 2.24) is 0 Å². The van der Waals surface area contributed by atoms with Crippen molar-refractivity contribution in [3.8, 4) is 11.5 Å².